The number of piperidine rings is 1. The molecule has 1 aromatic heterocycles. The van der Waals surface area contributed by atoms with Gasteiger partial charge in [-0.05, 0) is 13.8 Å². The summed E-state index contributed by atoms with van der Waals surface area (Å²) in [5.74, 6) is 0.596. The van der Waals surface area contributed by atoms with Gasteiger partial charge in [-0.1, -0.05) is 6.92 Å². The number of carbonyl (C=O) groups is 1. The third-order valence-corrected chi connectivity index (χ3v) is 4.25. The first kappa shape index (κ1) is 11.7. The van der Waals surface area contributed by atoms with Crippen LogP contribution in [0.5, 0.6) is 0 Å². The highest BCUT2D eigenvalue weighted by molar-refractivity contribution is 7.11. The Balaban J connectivity index is 1.97. The molecule has 1 unspecified atom stereocenters. The molecule has 1 aromatic rings. The Bertz CT molecular complexity index is 380. The van der Waals surface area contributed by atoms with Crippen LogP contribution in [-0.4, -0.2) is 28.8 Å². The molecule has 0 aromatic carbocycles. The first-order valence-corrected chi connectivity index (χ1v) is 6.56. The molecule has 1 aliphatic rings. The smallest absolute Gasteiger partial charge is 0.138 e. The Morgan fingerprint density at radius 1 is 1.50 bits per heavy atom. The molecule has 0 spiro atoms. The van der Waals surface area contributed by atoms with E-state index in [0.29, 0.717) is 12.2 Å². The van der Waals surface area contributed by atoms with Crippen molar-refractivity contribution in [2.75, 3.05) is 13.1 Å². The molecule has 4 heteroatoms. The number of hydrogen-bond donors (Lipinski definition) is 0. The van der Waals surface area contributed by atoms with Gasteiger partial charge in [0.1, 0.15) is 10.8 Å². The van der Waals surface area contributed by atoms with Crippen molar-refractivity contribution in [1.82, 2.24) is 9.88 Å². The number of likely N-dealkylation sites (tertiary alicyclic amines) is 1. The SMILES string of the molecule is Cc1nc(CN2CCC(=O)C(C)C2)sc1C. The number of Topliss-reactive ketones (excluding diaryl/α,β-unsaturated/α-hetero) is 1. The van der Waals surface area contributed by atoms with Crippen molar-refractivity contribution in [3.05, 3.63) is 15.6 Å². The van der Waals surface area contributed by atoms with Gasteiger partial charge < -0.3 is 0 Å². The van der Waals surface area contributed by atoms with Crippen LogP contribution in [0.15, 0.2) is 0 Å². The summed E-state index contributed by atoms with van der Waals surface area (Å²) in [5.41, 5.74) is 1.14. The second kappa shape index (κ2) is 4.63. The number of thiazole rings is 1. The van der Waals surface area contributed by atoms with Crippen molar-refractivity contribution in [1.29, 1.82) is 0 Å². The van der Waals surface area contributed by atoms with Gasteiger partial charge in [0.15, 0.2) is 0 Å². The average molecular weight is 238 g/mol. The maximum atomic E-state index is 11.4. The summed E-state index contributed by atoms with van der Waals surface area (Å²) in [5, 5.41) is 1.18. The largest absolute Gasteiger partial charge is 0.299 e. The molecular weight excluding hydrogens is 220 g/mol. The predicted molar refractivity (Wildman–Crippen MR) is 65.7 cm³/mol. The highest BCUT2D eigenvalue weighted by Gasteiger charge is 2.23. The van der Waals surface area contributed by atoms with Gasteiger partial charge in [0, 0.05) is 30.3 Å². The van der Waals surface area contributed by atoms with Crippen LogP contribution in [0.25, 0.3) is 0 Å². The monoisotopic (exact) mass is 238 g/mol. The summed E-state index contributed by atoms with van der Waals surface area (Å²) in [6.45, 7) is 8.86. The number of nitrogens with zero attached hydrogens (tertiary/aromatic N) is 2. The van der Waals surface area contributed by atoms with E-state index in [1.54, 1.807) is 11.3 Å². The standard InChI is InChI=1S/C12H18N2OS/c1-8-6-14(5-4-11(8)15)7-12-13-9(2)10(3)16-12/h8H,4-7H2,1-3H3. The maximum absolute atomic E-state index is 11.4. The topological polar surface area (TPSA) is 33.2 Å². The van der Waals surface area contributed by atoms with Crippen LogP contribution in [0.2, 0.25) is 0 Å². The highest BCUT2D eigenvalue weighted by Crippen LogP contribution is 2.20. The molecule has 16 heavy (non-hydrogen) atoms. The van der Waals surface area contributed by atoms with E-state index in [2.05, 4.69) is 23.7 Å². The molecule has 0 saturated carbocycles. The van der Waals surface area contributed by atoms with Crippen molar-refractivity contribution < 1.29 is 4.79 Å². The van der Waals surface area contributed by atoms with Crippen LogP contribution in [0.3, 0.4) is 0 Å². The number of rotatable bonds is 2. The summed E-state index contributed by atoms with van der Waals surface area (Å²) in [4.78, 5) is 19.6. The number of aromatic nitrogens is 1. The van der Waals surface area contributed by atoms with Gasteiger partial charge >= 0.3 is 0 Å². The Morgan fingerprint density at radius 2 is 2.25 bits per heavy atom. The molecule has 2 heterocycles. The molecule has 1 saturated heterocycles. The van der Waals surface area contributed by atoms with E-state index >= 15 is 0 Å². The molecule has 1 atom stereocenters. The number of carbonyl (C=O) groups excluding carboxylic acids is 1. The number of hydrogen-bond acceptors (Lipinski definition) is 4. The Kier molecular flexibility index (Phi) is 3.40. The van der Waals surface area contributed by atoms with E-state index in [-0.39, 0.29) is 5.92 Å². The molecule has 1 aliphatic heterocycles. The van der Waals surface area contributed by atoms with Crippen LogP contribution in [0.1, 0.15) is 28.9 Å². The van der Waals surface area contributed by atoms with Gasteiger partial charge in [-0.15, -0.1) is 11.3 Å². The van der Waals surface area contributed by atoms with E-state index < -0.39 is 0 Å². The van der Waals surface area contributed by atoms with Gasteiger partial charge in [0.05, 0.1) is 12.2 Å². The van der Waals surface area contributed by atoms with Crippen molar-refractivity contribution in [2.24, 2.45) is 5.92 Å². The fourth-order valence-corrected chi connectivity index (χ4v) is 3.01. The van der Waals surface area contributed by atoms with Gasteiger partial charge in [0.2, 0.25) is 0 Å². The molecule has 0 amide bonds. The van der Waals surface area contributed by atoms with E-state index in [0.717, 1.165) is 25.3 Å². The third kappa shape index (κ3) is 2.50. The Labute approximate surface area is 100 Å². The molecule has 0 bridgehead atoms. The molecule has 2 rings (SSSR count). The van der Waals surface area contributed by atoms with Crippen molar-refractivity contribution >= 4 is 17.1 Å². The first-order valence-electron chi connectivity index (χ1n) is 5.74. The van der Waals surface area contributed by atoms with Crippen LogP contribution < -0.4 is 0 Å². The summed E-state index contributed by atoms with van der Waals surface area (Å²) in [6.07, 6.45) is 0.699. The van der Waals surface area contributed by atoms with Crippen LogP contribution in [0, 0.1) is 19.8 Å². The predicted octanol–water partition coefficient (Wildman–Crippen LogP) is 2.17. The lowest BCUT2D eigenvalue weighted by Crippen LogP contribution is -2.38. The molecule has 0 N–H and O–H groups in total. The minimum absolute atomic E-state index is 0.191. The van der Waals surface area contributed by atoms with Crippen molar-refractivity contribution in [3.8, 4) is 0 Å². The van der Waals surface area contributed by atoms with E-state index in [4.69, 9.17) is 0 Å². The summed E-state index contributed by atoms with van der Waals surface area (Å²) < 4.78 is 0. The highest BCUT2D eigenvalue weighted by atomic mass is 32.1. The normalized spacial score (nSPS) is 22.7. The maximum Gasteiger partial charge on any atom is 0.138 e. The molecule has 3 nitrogen and oxygen atoms in total. The van der Waals surface area contributed by atoms with Gasteiger partial charge in [-0.25, -0.2) is 4.98 Å². The average Bonchev–Trinajstić information content (AvgIpc) is 2.52. The second-order valence-electron chi connectivity index (χ2n) is 4.60. The van der Waals surface area contributed by atoms with E-state index in [9.17, 15) is 4.79 Å². The lowest BCUT2D eigenvalue weighted by molar-refractivity contribution is -0.125. The molecule has 0 aliphatic carbocycles. The number of aryl methyl sites for hydroxylation is 2. The van der Waals surface area contributed by atoms with Crippen LogP contribution in [-0.2, 0) is 11.3 Å². The molecule has 0 radical (unpaired) electrons. The summed E-state index contributed by atoms with van der Waals surface area (Å²) >= 11 is 1.77. The molecule has 88 valence electrons. The van der Waals surface area contributed by atoms with Crippen molar-refractivity contribution in [3.63, 3.8) is 0 Å². The van der Waals surface area contributed by atoms with Crippen LogP contribution in [0.4, 0.5) is 0 Å². The van der Waals surface area contributed by atoms with Crippen LogP contribution >= 0.6 is 11.3 Å². The van der Waals surface area contributed by atoms with Gasteiger partial charge in [-0.2, -0.15) is 0 Å². The second-order valence-corrected chi connectivity index (χ2v) is 5.89. The Hall–Kier alpha value is -0.740. The molecule has 1 fully saturated rings. The fraction of sp³-hybridized carbons (Fsp3) is 0.667. The quantitative estimate of drug-likeness (QED) is 0.791. The number of ketones is 1. The minimum Gasteiger partial charge on any atom is -0.299 e. The lowest BCUT2D eigenvalue weighted by Gasteiger charge is -2.28. The molecular formula is C12H18N2OS. The van der Waals surface area contributed by atoms with E-state index in [1.807, 2.05) is 6.92 Å². The first-order chi connectivity index (χ1) is 7.56. The summed E-state index contributed by atoms with van der Waals surface area (Å²) in [7, 11) is 0. The summed E-state index contributed by atoms with van der Waals surface area (Å²) in [6, 6.07) is 0. The van der Waals surface area contributed by atoms with Gasteiger partial charge in [-0.3, -0.25) is 9.69 Å². The minimum atomic E-state index is 0.191. The van der Waals surface area contributed by atoms with E-state index in [1.165, 1.54) is 9.88 Å². The third-order valence-electron chi connectivity index (χ3n) is 3.19. The lowest BCUT2D eigenvalue weighted by atomic mass is 9.99. The van der Waals surface area contributed by atoms with Gasteiger partial charge in [0.25, 0.3) is 0 Å². The fourth-order valence-electron chi connectivity index (χ4n) is 2.04. The zero-order valence-corrected chi connectivity index (χ0v) is 10.9. The zero-order valence-electron chi connectivity index (χ0n) is 10.1. The Morgan fingerprint density at radius 3 is 2.81 bits per heavy atom. The zero-order chi connectivity index (χ0) is 11.7. The van der Waals surface area contributed by atoms with Crippen molar-refractivity contribution in [2.45, 2.75) is 33.7 Å².